The molecule has 0 saturated heterocycles. The van der Waals surface area contributed by atoms with E-state index in [2.05, 4.69) is 25.7 Å². The highest BCUT2D eigenvalue weighted by molar-refractivity contribution is 14.1. The van der Waals surface area contributed by atoms with Gasteiger partial charge in [-0.25, -0.2) is 4.98 Å². The Morgan fingerprint density at radius 2 is 2.07 bits per heavy atom. The minimum atomic E-state index is -4.76. The molecule has 0 fully saturated rings. The minimum Gasteiger partial charge on any atom is -0.402 e. The molecule has 1 heterocycles. The smallest absolute Gasteiger partial charge is 0.402 e. The maximum atomic E-state index is 11.9. The van der Waals surface area contributed by atoms with Gasteiger partial charge in [-0.15, -0.1) is 13.2 Å². The number of ether oxygens (including phenoxy) is 1. The van der Waals surface area contributed by atoms with Crippen molar-refractivity contribution >= 4 is 44.2 Å². The first-order chi connectivity index (χ1) is 6.31. The highest BCUT2D eigenvalue weighted by Gasteiger charge is 2.33. The second kappa shape index (κ2) is 4.09. The zero-order chi connectivity index (χ0) is 10.9. The third kappa shape index (κ3) is 2.87. The SMILES string of the molecule is Nc1c(Br)ncc(I)c1OC(F)(F)F. The normalized spacial score (nSPS) is 11.5. The molecule has 0 radical (unpaired) electrons. The van der Waals surface area contributed by atoms with Crippen LogP contribution in [0.15, 0.2) is 10.8 Å². The van der Waals surface area contributed by atoms with Crippen molar-refractivity contribution in [1.29, 1.82) is 0 Å². The number of anilines is 1. The van der Waals surface area contributed by atoms with Crippen LogP contribution in [0.3, 0.4) is 0 Å². The molecule has 14 heavy (non-hydrogen) atoms. The van der Waals surface area contributed by atoms with Crippen molar-refractivity contribution < 1.29 is 17.9 Å². The van der Waals surface area contributed by atoms with Gasteiger partial charge in [0.1, 0.15) is 10.3 Å². The van der Waals surface area contributed by atoms with Crippen molar-refractivity contribution in [2.45, 2.75) is 6.36 Å². The minimum absolute atomic E-state index is 0.122. The molecule has 1 aromatic rings. The zero-order valence-corrected chi connectivity index (χ0v) is 10.1. The lowest BCUT2D eigenvalue weighted by Crippen LogP contribution is -2.19. The highest BCUT2D eigenvalue weighted by Crippen LogP contribution is 2.35. The number of alkyl halides is 3. The Hall–Kier alpha value is -0.250. The van der Waals surface area contributed by atoms with Gasteiger partial charge in [0.15, 0.2) is 5.75 Å². The summed E-state index contributed by atoms with van der Waals surface area (Å²) in [5, 5.41) is 0. The number of rotatable bonds is 1. The van der Waals surface area contributed by atoms with E-state index in [1.165, 1.54) is 6.20 Å². The van der Waals surface area contributed by atoms with E-state index in [4.69, 9.17) is 5.73 Å². The van der Waals surface area contributed by atoms with Crippen LogP contribution in [0.4, 0.5) is 18.9 Å². The molecule has 0 atom stereocenters. The second-order valence-corrected chi connectivity index (χ2v) is 4.10. The molecule has 8 heteroatoms. The van der Waals surface area contributed by atoms with Gasteiger partial charge in [-0.3, -0.25) is 0 Å². The van der Waals surface area contributed by atoms with Crippen molar-refractivity contribution in [2.75, 3.05) is 5.73 Å². The van der Waals surface area contributed by atoms with Crippen LogP contribution in [0.25, 0.3) is 0 Å². The van der Waals surface area contributed by atoms with Crippen molar-refractivity contribution in [3.05, 3.63) is 14.4 Å². The predicted octanol–water partition coefficient (Wildman–Crippen LogP) is 2.93. The Kier molecular flexibility index (Phi) is 3.45. The molecule has 0 aliphatic carbocycles. The molecular weight excluding hydrogens is 380 g/mol. The predicted molar refractivity (Wildman–Crippen MR) is 55.7 cm³/mol. The molecule has 1 rings (SSSR count). The summed E-state index contributed by atoms with van der Waals surface area (Å²) in [4.78, 5) is 3.71. The van der Waals surface area contributed by atoms with E-state index in [9.17, 15) is 13.2 Å². The van der Waals surface area contributed by atoms with Crippen molar-refractivity contribution in [3.63, 3.8) is 0 Å². The van der Waals surface area contributed by atoms with Gasteiger partial charge in [0.25, 0.3) is 0 Å². The molecule has 78 valence electrons. The summed E-state index contributed by atoms with van der Waals surface area (Å²) in [5.41, 5.74) is 5.18. The fourth-order valence-electron chi connectivity index (χ4n) is 0.683. The average Bonchev–Trinajstić information content (AvgIpc) is 2.04. The second-order valence-electron chi connectivity index (χ2n) is 2.19. The Morgan fingerprint density at radius 1 is 1.50 bits per heavy atom. The Balaban J connectivity index is 3.13. The van der Waals surface area contributed by atoms with Crippen molar-refractivity contribution in [2.24, 2.45) is 0 Å². The number of aromatic nitrogens is 1. The quantitative estimate of drug-likeness (QED) is 0.600. The fraction of sp³-hybridized carbons (Fsp3) is 0.167. The number of nitrogens with two attached hydrogens (primary N) is 1. The van der Waals surface area contributed by atoms with Crippen LogP contribution in [0.2, 0.25) is 0 Å². The molecule has 0 bridgehead atoms. The maximum absolute atomic E-state index is 11.9. The average molecular weight is 383 g/mol. The van der Waals surface area contributed by atoms with Crippen molar-refractivity contribution in [1.82, 2.24) is 4.98 Å². The first-order valence-electron chi connectivity index (χ1n) is 3.16. The van der Waals surface area contributed by atoms with Gasteiger partial charge >= 0.3 is 6.36 Å². The van der Waals surface area contributed by atoms with Crippen LogP contribution in [-0.2, 0) is 0 Å². The molecule has 0 unspecified atom stereocenters. The standard InChI is InChI=1S/C6H3BrF3IN2O/c7-5-3(12)4(2(11)1-13-5)14-6(8,9)10/h1H,12H2. The summed E-state index contributed by atoms with van der Waals surface area (Å²) in [5.74, 6) is -0.431. The number of hydrogen-bond acceptors (Lipinski definition) is 3. The molecule has 0 aliphatic rings. The monoisotopic (exact) mass is 382 g/mol. The van der Waals surface area contributed by atoms with Crippen LogP contribution in [-0.4, -0.2) is 11.3 Å². The van der Waals surface area contributed by atoms with E-state index in [0.29, 0.717) is 0 Å². The number of hydrogen-bond donors (Lipinski definition) is 1. The van der Waals surface area contributed by atoms with E-state index >= 15 is 0 Å². The molecule has 2 N–H and O–H groups in total. The topological polar surface area (TPSA) is 48.1 Å². The number of nitrogen functional groups attached to an aromatic ring is 1. The third-order valence-electron chi connectivity index (χ3n) is 1.19. The van der Waals surface area contributed by atoms with Crippen LogP contribution >= 0.6 is 38.5 Å². The van der Waals surface area contributed by atoms with Crippen LogP contribution in [0.1, 0.15) is 0 Å². The van der Waals surface area contributed by atoms with E-state index < -0.39 is 12.1 Å². The molecule has 0 spiro atoms. The number of pyridine rings is 1. The number of nitrogens with zero attached hydrogens (tertiary/aromatic N) is 1. The molecule has 0 amide bonds. The lowest BCUT2D eigenvalue weighted by Gasteiger charge is -2.12. The van der Waals surface area contributed by atoms with E-state index in [0.717, 1.165) is 0 Å². The first kappa shape index (κ1) is 11.8. The van der Waals surface area contributed by atoms with E-state index in [-0.39, 0.29) is 13.9 Å². The summed E-state index contributed by atoms with van der Waals surface area (Å²) in [6, 6.07) is 0. The molecule has 3 nitrogen and oxygen atoms in total. The zero-order valence-electron chi connectivity index (χ0n) is 6.40. The molecular formula is C6H3BrF3IN2O. The Bertz CT molecular complexity index is 358. The Morgan fingerprint density at radius 3 is 2.57 bits per heavy atom. The lowest BCUT2D eigenvalue weighted by molar-refractivity contribution is -0.274. The molecule has 1 aromatic heterocycles. The largest absolute Gasteiger partial charge is 0.573 e. The summed E-state index contributed by atoms with van der Waals surface area (Å²) in [6.45, 7) is 0. The summed E-state index contributed by atoms with van der Waals surface area (Å²) in [7, 11) is 0. The highest BCUT2D eigenvalue weighted by atomic mass is 127. The lowest BCUT2D eigenvalue weighted by atomic mass is 10.4. The van der Waals surface area contributed by atoms with Gasteiger partial charge in [-0.05, 0) is 38.5 Å². The van der Waals surface area contributed by atoms with Gasteiger partial charge in [-0.2, -0.15) is 0 Å². The molecule has 0 aliphatic heterocycles. The van der Waals surface area contributed by atoms with Crippen LogP contribution in [0, 0.1) is 3.57 Å². The fourth-order valence-corrected chi connectivity index (χ4v) is 1.51. The van der Waals surface area contributed by atoms with Gasteiger partial charge in [0, 0.05) is 6.20 Å². The summed E-state index contributed by atoms with van der Waals surface area (Å²) >= 11 is 4.56. The Labute approximate surface area is 99.1 Å². The number of halogens is 5. The van der Waals surface area contributed by atoms with Gasteiger partial charge in [-0.1, -0.05) is 0 Å². The summed E-state index contributed by atoms with van der Waals surface area (Å²) in [6.07, 6.45) is -3.53. The molecule has 0 saturated carbocycles. The van der Waals surface area contributed by atoms with Gasteiger partial charge in [0.05, 0.1) is 3.57 Å². The van der Waals surface area contributed by atoms with Gasteiger partial charge in [0.2, 0.25) is 0 Å². The third-order valence-corrected chi connectivity index (χ3v) is 2.59. The van der Waals surface area contributed by atoms with E-state index in [1.54, 1.807) is 22.6 Å². The van der Waals surface area contributed by atoms with Crippen LogP contribution < -0.4 is 10.5 Å². The first-order valence-corrected chi connectivity index (χ1v) is 5.03. The summed E-state index contributed by atoms with van der Waals surface area (Å²) < 4.78 is 39.8. The van der Waals surface area contributed by atoms with Crippen LogP contribution in [0.5, 0.6) is 5.75 Å². The molecule has 0 aromatic carbocycles. The van der Waals surface area contributed by atoms with Crippen molar-refractivity contribution in [3.8, 4) is 5.75 Å². The van der Waals surface area contributed by atoms with E-state index in [1.807, 2.05) is 0 Å². The van der Waals surface area contributed by atoms with Gasteiger partial charge < -0.3 is 10.5 Å². The maximum Gasteiger partial charge on any atom is 0.573 e.